The van der Waals surface area contributed by atoms with Crippen molar-refractivity contribution < 1.29 is 28.3 Å². The predicted molar refractivity (Wildman–Crippen MR) is 106 cm³/mol. The topological polar surface area (TPSA) is 155 Å². The Kier molecular flexibility index (Phi) is 4.99. The highest BCUT2D eigenvalue weighted by Gasteiger charge is 2.53. The number of benzene rings is 1. The maximum atomic E-state index is 11.8. The first kappa shape index (κ1) is 20.2. The molecule has 1 aromatic carbocycles. The summed E-state index contributed by atoms with van der Waals surface area (Å²) in [7, 11) is -4.25. The van der Waals surface area contributed by atoms with E-state index in [1.165, 1.54) is 18.1 Å². The number of nitrogens with zero attached hydrogens (tertiary/aromatic N) is 4. The second kappa shape index (κ2) is 7.43. The molecule has 5 atom stereocenters. The molecule has 2 saturated heterocycles. The Morgan fingerprint density at radius 2 is 2.07 bits per heavy atom. The number of phosphoric acid groups is 1. The maximum absolute atomic E-state index is 11.8. The van der Waals surface area contributed by atoms with Gasteiger partial charge in [0.2, 0.25) is 0 Å². The van der Waals surface area contributed by atoms with Crippen LogP contribution in [0.25, 0.3) is 11.2 Å². The van der Waals surface area contributed by atoms with Crippen molar-refractivity contribution in [1.29, 1.82) is 0 Å². The average molecular weight is 472 g/mol. The lowest BCUT2D eigenvalue weighted by Gasteiger charge is -2.27. The van der Waals surface area contributed by atoms with Crippen molar-refractivity contribution in [2.24, 2.45) is 0 Å². The largest absolute Gasteiger partial charge is 0.472 e. The number of rotatable bonds is 3. The van der Waals surface area contributed by atoms with E-state index in [1.54, 1.807) is 16.7 Å². The number of phosphoric ester groups is 1. The van der Waals surface area contributed by atoms with Gasteiger partial charge in [0.15, 0.2) is 28.4 Å². The molecule has 0 amide bonds. The number of anilines is 1. The molecule has 30 heavy (non-hydrogen) atoms. The van der Waals surface area contributed by atoms with Crippen molar-refractivity contribution in [1.82, 2.24) is 19.5 Å². The van der Waals surface area contributed by atoms with Crippen LogP contribution in [0.4, 0.5) is 5.82 Å². The number of fused-ring (bicyclic) bond motifs is 2. The molecule has 0 spiro atoms. The first-order valence-corrected chi connectivity index (χ1v) is 11.4. The average Bonchev–Trinajstić information content (AvgIpc) is 3.21. The molecule has 4 heterocycles. The molecular formula is C16H15ClN5O6PS. The summed E-state index contributed by atoms with van der Waals surface area (Å²) < 4.78 is 29.1. The zero-order chi connectivity index (χ0) is 21.0. The maximum Gasteiger partial charge on any atom is 0.472 e. The highest BCUT2D eigenvalue weighted by atomic mass is 35.5. The molecule has 2 aliphatic rings. The second-order valence-corrected chi connectivity index (χ2v) is 9.52. The van der Waals surface area contributed by atoms with E-state index in [0.717, 1.165) is 4.90 Å². The molecule has 2 fully saturated rings. The fourth-order valence-electron chi connectivity index (χ4n) is 3.36. The fraction of sp³-hybridized carbons (Fsp3) is 0.312. The minimum Gasteiger partial charge on any atom is -0.386 e. The van der Waals surface area contributed by atoms with E-state index in [9.17, 15) is 14.6 Å². The van der Waals surface area contributed by atoms with E-state index in [0.29, 0.717) is 21.3 Å². The van der Waals surface area contributed by atoms with E-state index >= 15 is 0 Å². The number of nitrogen functional groups attached to an aromatic ring is 1. The van der Waals surface area contributed by atoms with Crippen LogP contribution in [-0.2, 0) is 18.3 Å². The molecule has 1 unspecified atom stereocenters. The van der Waals surface area contributed by atoms with Gasteiger partial charge in [-0.2, -0.15) is 0 Å². The Balaban J connectivity index is 1.58. The van der Waals surface area contributed by atoms with Gasteiger partial charge < -0.3 is 20.5 Å². The highest BCUT2D eigenvalue weighted by molar-refractivity contribution is 7.99. The van der Waals surface area contributed by atoms with Gasteiger partial charge in [0.1, 0.15) is 24.6 Å². The van der Waals surface area contributed by atoms with Crippen LogP contribution in [-0.4, -0.2) is 54.4 Å². The van der Waals surface area contributed by atoms with E-state index in [4.69, 9.17) is 31.1 Å². The zero-order valence-electron chi connectivity index (χ0n) is 15.0. The monoisotopic (exact) mass is 471 g/mol. The molecule has 158 valence electrons. The van der Waals surface area contributed by atoms with Crippen LogP contribution in [0.15, 0.2) is 40.6 Å². The number of imidazole rings is 1. The molecule has 3 aromatic rings. The highest BCUT2D eigenvalue weighted by Crippen LogP contribution is 2.53. The summed E-state index contributed by atoms with van der Waals surface area (Å²) in [6.45, 7) is -0.199. The number of halogens is 1. The molecule has 0 radical (unpaired) electrons. The minimum atomic E-state index is -4.25. The Hall–Kier alpha value is -1.76. The number of ether oxygens (including phenoxy) is 1. The van der Waals surface area contributed by atoms with Gasteiger partial charge in [-0.05, 0) is 24.3 Å². The molecular weight excluding hydrogens is 457 g/mol. The van der Waals surface area contributed by atoms with Crippen LogP contribution < -0.4 is 5.73 Å². The number of aliphatic hydroxyl groups excluding tert-OH is 1. The third kappa shape index (κ3) is 3.49. The number of aromatic nitrogens is 4. The lowest BCUT2D eigenvalue weighted by molar-refractivity contribution is -0.0684. The smallest absolute Gasteiger partial charge is 0.386 e. The van der Waals surface area contributed by atoms with Gasteiger partial charge in [-0.3, -0.25) is 13.6 Å². The molecule has 4 N–H and O–H groups in total. The number of hydrogen-bond donors (Lipinski definition) is 3. The summed E-state index contributed by atoms with van der Waals surface area (Å²) >= 11 is 7.24. The van der Waals surface area contributed by atoms with Gasteiger partial charge in [0.25, 0.3) is 0 Å². The summed E-state index contributed by atoms with van der Waals surface area (Å²) in [6.07, 6.45) is -2.80. The van der Waals surface area contributed by atoms with Crippen LogP contribution >= 0.6 is 31.2 Å². The molecule has 2 aliphatic heterocycles. The van der Waals surface area contributed by atoms with Gasteiger partial charge in [-0.1, -0.05) is 23.4 Å². The Morgan fingerprint density at radius 1 is 1.30 bits per heavy atom. The molecule has 5 rings (SSSR count). The first-order chi connectivity index (χ1) is 14.3. The van der Waals surface area contributed by atoms with Crippen molar-refractivity contribution in [2.75, 3.05) is 12.3 Å². The van der Waals surface area contributed by atoms with E-state index in [-0.39, 0.29) is 12.4 Å². The summed E-state index contributed by atoms with van der Waals surface area (Å²) in [5.74, 6) is 0.168. The van der Waals surface area contributed by atoms with E-state index < -0.39 is 32.4 Å². The van der Waals surface area contributed by atoms with Crippen molar-refractivity contribution in [2.45, 2.75) is 34.6 Å². The van der Waals surface area contributed by atoms with Crippen LogP contribution in [0.2, 0.25) is 5.02 Å². The van der Waals surface area contributed by atoms with Gasteiger partial charge in [0, 0.05) is 9.92 Å². The molecule has 0 aliphatic carbocycles. The zero-order valence-corrected chi connectivity index (χ0v) is 17.5. The van der Waals surface area contributed by atoms with Crippen molar-refractivity contribution in [3.63, 3.8) is 0 Å². The van der Waals surface area contributed by atoms with Crippen LogP contribution in [0, 0.1) is 0 Å². The SMILES string of the molecule is Nc1ncnc2c1nc(Sc1ccc(Cl)cc1)n2[C@@H]1O[C@@H]2COP(=O)(O)O[C@H]2[C@H]1O. The second-order valence-electron chi connectivity index (χ2n) is 6.64. The van der Waals surface area contributed by atoms with Crippen LogP contribution in [0.3, 0.4) is 0 Å². The number of nitrogens with two attached hydrogens (primary N) is 1. The summed E-state index contributed by atoms with van der Waals surface area (Å²) in [6, 6.07) is 7.11. The van der Waals surface area contributed by atoms with Crippen molar-refractivity contribution >= 4 is 48.2 Å². The Morgan fingerprint density at radius 3 is 2.83 bits per heavy atom. The van der Waals surface area contributed by atoms with E-state index in [2.05, 4.69) is 15.0 Å². The molecule has 14 heteroatoms. The fourth-order valence-corrected chi connectivity index (χ4v) is 5.36. The number of aliphatic hydroxyl groups is 1. The molecule has 2 aromatic heterocycles. The van der Waals surface area contributed by atoms with Gasteiger partial charge in [0.05, 0.1) is 6.61 Å². The lowest BCUT2D eigenvalue weighted by atomic mass is 10.1. The third-order valence-corrected chi connectivity index (χ3v) is 6.93. The summed E-state index contributed by atoms with van der Waals surface area (Å²) in [5, 5.41) is 11.9. The minimum absolute atomic E-state index is 0.168. The first-order valence-electron chi connectivity index (χ1n) is 8.73. The summed E-state index contributed by atoms with van der Waals surface area (Å²) in [5.41, 5.74) is 6.65. The van der Waals surface area contributed by atoms with Gasteiger partial charge >= 0.3 is 7.82 Å². The third-order valence-electron chi connectivity index (χ3n) is 4.72. The van der Waals surface area contributed by atoms with Crippen LogP contribution in [0.1, 0.15) is 6.23 Å². The predicted octanol–water partition coefficient (Wildman–Crippen LogP) is 1.99. The summed E-state index contributed by atoms with van der Waals surface area (Å²) in [4.78, 5) is 23.2. The van der Waals surface area contributed by atoms with Crippen molar-refractivity contribution in [3.05, 3.63) is 35.6 Å². The van der Waals surface area contributed by atoms with E-state index in [1.807, 2.05) is 12.1 Å². The molecule has 0 bridgehead atoms. The molecule has 0 saturated carbocycles. The standard InChI is InChI=1S/C16H15ClN5O6PS/c17-7-1-3-8(4-2-7)30-16-21-10-13(18)19-6-20-14(10)22(16)15-11(23)12-9(27-15)5-26-29(24,25)28-12/h1-4,6,9,11-12,15,23H,5H2,(H,24,25)(H2,18,19,20)/t9-,11-,12-,15-/m1/s1. The lowest BCUT2D eigenvalue weighted by Crippen LogP contribution is -2.39. The molecule has 11 nitrogen and oxygen atoms in total. The van der Waals surface area contributed by atoms with Crippen molar-refractivity contribution in [3.8, 4) is 0 Å². The quantitative estimate of drug-likeness (QED) is 0.480. The van der Waals surface area contributed by atoms with Crippen LogP contribution in [0.5, 0.6) is 0 Å². The normalized spacial score (nSPS) is 31.2. The van der Waals surface area contributed by atoms with Gasteiger partial charge in [-0.15, -0.1) is 0 Å². The Labute approximate surface area is 178 Å². The Bertz CT molecular complexity index is 1160. The number of hydrogen-bond acceptors (Lipinski definition) is 10. The van der Waals surface area contributed by atoms with Gasteiger partial charge in [-0.25, -0.2) is 19.5 Å².